The number of rotatable bonds is 2. The summed E-state index contributed by atoms with van der Waals surface area (Å²) in [6.45, 7) is 3.04. The van der Waals surface area contributed by atoms with Crippen molar-refractivity contribution in [2.24, 2.45) is 7.05 Å². The van der Waals surface area contributed by atoms with Gasteiger partial charge >= 0.3 is 0 Å². The third-order valence-corrected chi connectivity index (χ3v) is 6.12. The Morgan fingerprint density at radius 2 is 1.93 bits per heavy atom. The molecule has 3 fully saturated rings. The molecule has 1 N–H and O–H groups in total. The number of hydrogen-bond donors (Lipinski definition) is 1. The van der Waals surface area contributed by atoms with Gasteiger partial charge in [-0.05, 0) is 12.5 Å². The van der Waals surface area contributed by atoms with Crippen LogP contribution >= 0.6 is 0 Å². The summed E-state index contributed by atoms with van der Waals surface area (Å²) in [4.78, 5) is 26.2. The van der Waals surface area contributed by atoms with E-state index in [1.807, 2.05) is 23.9 Å². The molecule has 0 bridgehead atoms. The van der Waals surface area contributed by atoms with Crippen LogP contribution in [-0.2, 0) is 26.1 Å². The molecular formula is C20H24N4O4. The lowest BCUT2D eigenvalue weighted by Crippen LogP contribution is -2.45. The summed E-state index contributed by atoms with van der Waals surface area (Å²) in [6.07, 6.45) is 2.52. The van der Waals surface area contributed by atoms with Crippen LogP contribution in [0.5, 0.6) is 0 Å². The van der Waals surface area contributed by atoms with Gasteiger partial charge in [-0.3, -0.25) is 19.6 Å². The molecule has 28 heavy (non-hydrogen) atoms. The minimum absolute atomic E-state index is 0.208. The van der Waals surface area contributed by atoms with E-state index < -0.39 is 5.79 Å². The van der Waals surface area contributed by atoms with Gasteiger partial charge in [0.2, 0.25) is 11.8 Å². The fourth-order valence-corrected chi connectivity index (χ4v) is 4.68. The number of anilines is 1. The Morgan fingerprint density at radius 1 is 1.18 bits per heavy atom. The van der Waals surface area contributed by atoms with E-state index in [0.29, 0.717) is 26.1 Å². The maximum atomic E-state index is 12.4. The number of para-hydroxylation sites is 1. The van der Waals surface area contributed by atoms with Crippen molar-refractivity contribution in [3.63, 3.8) is 0 Å². The van der Waals surface area contributed by atoms with Crippen molar-refractivity contribution in [3.05, 3.63) is 23.9 Å². The zero-order valence-electron chi connectivity index (χ0n) is 15.9. The average Bonchev–Trinajstić information content (AvgIpc) is 3.28. The minimum Gasteiger partial charge on any atom is -0.369 e. The number of hydrogen-bond acceptors (Lipinski definition) is 6. The summed E-state index contributed by atoms with van der Waals surface area (Å²) >= 11 is 0. The Balaban J connectivity index is 1.47. The molecule has 5 rings (SSSR count). The first-order valence-electron chi connectivity index (χ1n) is 9.88. The summed E-state index contributed by atoms with van der Waals surface area (Å²) in [5, 5.41) is 8.10. The third kappa shape index (κ3) is 2.79. The van der Waals surface area contributed by atoms with E-state index in [0.717, 1.165) is 48.2 Å². The van der Waals surface area contributed by atoms with Crippen LogP contribution < -0.4 is 10.2 Å². The number of ether oxygens (including phenoxy) is 2. The number of imide groups is 1. The number of fused-ring (bicyclic) bond motifs is 1. The fourth-order valence-electron chi connectivity index (χ4n) is 4.68. The van der Waals surface area contributed by atoms with E-state index in [1.165, 1.54) is 0 Å². The monoisotopic (exact) mass is 384 g/mol. The molecule has 1 aromatic carbocycles. The molecule has 0 aliphatic carbocycles. The molecule has 3 aliphatic heterocycles. The van der Waals surface area contributed by atoms with Crippen molar-refractivity contribution >= 4 is 28.4 Å². The smallest absolute Gasteiger partial charge is 0.235 e. The molecule has 1 atom stereocenters. The predicted octanol–water partition coefficient (Wildman–Crippen LogP) is 1.44. The van der Waals surface area contributed by atoms with E-state index in [2.05, 4.69) is 21.4 Å². The van der Waals surface area contributed by atoms with Crippen LogP contribution in [0.1, 0.15) is 37.3 Å². The van der Waals surface area contributed by atoms with Gasteiger partial charge in [-0.25, -0.2) is 0 Å². The van der Waals surface area contributed by atoms with Crippen molar-refractivity contribution in [1.29, 1.82) is 0 Å². The van der Waals surface area contributed by atoms with Crippen molar-refractivity contribution in [2.45, 2.75) is 37.4 Å². The molecule has 8 nitrogen and oxygen atoms in total. The molecule has 2 aromatic rings. The fraction of sp³-hybridized carbons (Fsp3) is 0.550. The van der Waals surface area contributed by atoms with Gasteiger partial charge in [-0.1, -0.05) is 12.1 Å². The van der Waals surface area contributed by atoms with Crippen LogP contribution in [0.4, 0.5) is 5.69 Å². The first kappa shape index (κ1) is 17.6. The highest BCUT2D eigenvalue weighted by atomic mass is 16.7. The second-order valence-electron chi connectivity index (χ2n) is 7.78. The predicted molar refractivity (Wildman–Crippen MR) is 102 cm³/mol. The van der Waals surface area contributed by atoms with Gasteiger partial charge in [0, 0.05) is 44.8 Å². The SMILES string of the molecule is Cn1nc(C2CCC(=O)NC2=O)c2cccc(N3CCC4(CC3)OCCO4)c21. The molecule has 0 radical (unpaired) electrons. The number of nitrogens with zero attached hydrogens (tertiary/aromatic N) is 3. The largest absolute Gasteiger partial charge is 0.369 e. The van der Waals surface area contributed by atoms with Gasteiger partial charge < -0.3 is 14.4 Å². The Hall–Kier alpha value is -2.45. The van der Waals surface area contributed by atoms with Crippen LogP contribution in [0.2, 0.25) is 0 Å². The van der Waals surface area contributed by atoms with Crippen molar-refractivity contribution in [2.75, 3.05) is 31.2 Å². The van der Waals surface area contributed by atoms with Crippen molar-refractivity contribution < 1.29 is 19.1 Å². The number of aryl methyl sites for hydroxylation is 1. The van der Waals surface area contributed by atoms with E-state index in [4.69, 9.17) is 9.47 Å². The standard InChI is InChI=1S/C20H24N4O4/c1-23-18-13(17(22-23)14-5-6-16(25)21-19(14)26)3-2-4-15(18)24-9-7-20(8-10-24)27-11-12-28-20/h2-4,14H,5-12H2,1H3,(H,21,25,26). The van der Waals surface area contributed by atoms with Gasteiger partial charge in [0.25, 0.3) is 0 Å². The molecule has 3 aliphatic rings. The van der Waals surface area contributed by atoms with E-state index in [-0.39, 0.29) is 17.7 Å². The summed E-state index contributed by atoms with van der Waals surface area (Å²) in [6, 6.07) is 6.13. The lowest BCUT2D eigenvalue weighted by atomic mass is 9.92. The lowest BCUT2D eigenvalue weighted by Gasteiger charge is -2.38. The van der Waals surface area contributed by atoms with E-state index in [1.54, 1.807) is 0 Å². The first-order chi connectivity index (χ1) is 13.6. The third-order valence-electron chi connectivity index (χ3n) is 6.12. The molecule has 148 valence electrons. The van der Waals surface area contributed by atoms with Gasteiger partial charge in [0.1, 0.15) is 0 Å². The highest BCUT2D eigenvalue weighted by Crippen LogP contribution is 2.38. The highest BCUT2D eigenvalue weighted by Gasteiger charge is 2.40. The molecular weight excluding hydrogens is 360 g/mol. The topological polar surface area (TPSA) is 85.7 Å². The summed E-state index contributed by atoms with van der Waals surface area (Å²) in [5.74, 6) is -1.26. The number of aromatic nitrogens is 2. The Labute approximate surface area is 162 Å². The summed E-state index contributed by atoms with van der Waals surface area (Å²) < 4.78 is 13.5. The van der Waals surface area contributed by atoms with E-state index in [9.17, 15) is 9.59 Å². The quantitative estimate of drug-likeness (QED) is 0.789. The van der Waals surface area contributed by atoms with Gasteiger partial charge in [-0.15, -0.1) is 0 Å². The van der Waals surface area contributed by atoms with Crippen molar-refractivity contribution in [1.82, 2.24) is 15.1 Å². The van der Waals surface area contributed by atoms with Gasteiger partial charge in [-0.2, -0.15) is 5.10 Å². The van der Waals surface area contributed by atoms with E-state index >= 15 is 0 Å². The molecule has 2 amide bonds. The lowest BCUT2D eigenvalue weighted by molar-refractivity contribution is -0.169. The number of carbonyl (C=O) groups excluding carboxylic acids is 2. The summed E-state index contributed by atoms with van der Waals surface area (Å²) in [7, 11) is 1.91. The second-order valence-corrected chi connectivity index (χ2v) is 7.78. The van der Waals surface area contributed by atoms with Crippen molar-refractivity contribution in [3.8, 4) is 0 Å². The van der Waals surface area contributed by atoms with Crippen LogP contribution in [-0.4, -0.2) is 53.7 Å². The normalized spacial score (nSPS) is 24.9. The maximum Gasteiger partial charge on any atom is 0.235 e. The Bertz CT molecular complexity index is 937. The van der Waals surface area contributed by atoms with Crippen LogP contribution in [0, 0.1) is 0 Å². The number of amides is 2. The first-order valence-corrected chi connectivity index (χ1v) is 9.88. The molecule has 1 spiro atoms. The summed E-state index contributed by atoms with van der Waals surface area (Å²) in [5.41, 5.74) is 2.88. The molecule has 1 unspecified atom stereocenters. The molecule has 8 heteroatoms. The molecule has 1 aromatic heterocycles. The molecule has 0 saturated carbocycles. The second kappa shape index (κ2) is 6.56. The number of piperidine rings is 2. The number of carbonyl (C=O) groups is 2. The number of nitrogens with one attached hydrogen (secondary N) is 1. The van der Waals surface area contributed by atoms with Gasteiger partial charge in [0.15, 0.2) is 5.79 Å². The Morgan fingerprint density at radius 3 is 2.64 bits per heavy atom. The Kier molecular flexibility index (Phi) is 4.13. The van der Waals surface area contributed by atoms with Crippen LogP contribution in [0.15, 0.2) is 18.2 Å². The minimum atomic E-state index is -0.408. The zero-order chi connectivity index (χ0) is 19.3. The highest BCUT2D eigenvalue weighted by molar-refractivity contribution is 6.03. The number of benzene rings is 1. The zero-order valence-corrected chi connectivity index (χ0v) is 15.9. The van der Waals surface area contributed by atoms with Gasteiger partial charge in [0.05, 0.1) is 36.0 Å². The van der Waals surface area contributed by atoms with Crippen LogP contribution in [0.25, 0.3) is 10.9 Å². The molecule has 3 saturated heterocycles. The van der Waals surface area contributed by atoms with Crippen LogP contribution in [0.3, 0.4) is 0 Å². The molecule has 4 heterocycles. The maximum absolute atomic E-state index is 12.4. The average molecular weight is 384 g/mol.